The molecule has 0 unspecified atom stereocenters. The van der Waals surface area contributed by atoms with E-state index < -0.39 is 5.41 Å². The molecule has 240 valence electrons. The highest BCUT2D eigenvalue weighted by molar-refractivity contribution is 6.10. The van der Waals surface area contributed by atoms with Crippen LogP contribution in [0.1, 0.15) is 22.3 Å². The summed E-state index contributed by atoms with van der Waals surface area (Å²) in [6.07, 6.45) is 0. The van der Waals surface area contributed by atoms with Crippen molar-refractivity contribution in [3.63, 3.8) is 0 Å². The molecule has 9 aromatic rings. The Morgan fingerprint density at radius 2 is 0.961 bits per heavy atom. The molecule has 2 heteroatoms. The Balaban J connectivity index is 1.18. The Hall–Kier alpha value is -6.64. The number of rotatable bonds is 6. The highest BCUT2D eigenvalue weighted by Gasteiger charge is 2.46. The Labute approximate surface area is 297 Å². The van der Waals surface area contributed by atoms with E-state index in [1.54, 1.807) is 0 Å². The minimum absolute atomic E-state index is 0.485. The minimum atomic E-state index is -0.485. The SMILES string of the molecule is c1ccc(-c2ccc(N(c3ccccc3)c3cccc4c3oc3cc(C5(c6ccccc6)c6ccccc6-c6ccccc65)ccc34)cc2)cc1. The predicted octanol–water partition coefficient (Wildman–Crippen LogP) is 13.1. The van der Waals surface area contributed by atoms with Crippen molar-refractivity contribution in [1.29, 1.82) is 0 Å². The number of hydrogen-bond donors (Lipinski definition) is 0. The van der Waals surface area contributed by atoms with E-state index in [0.717, 1.165) is 39.0 Å². The van der Waals surface area contributed by atoms with Crippen LogP contribution in [0.4, 0.5) is 17.1 Å². The summed E-state index contributed by atoms with van der Waals surface area (Å²) in [5.74, 6) is 0. The summed E-state index contributed by atoms with van der Waals surface area (Å²) in [4.78, 5) is 2.30. The molecule has 0 N–H and O–H groups in total. The molecule has 0 spiro atoms. The second-order valence-corrected chi connectivity index (χ2v) is 13.3. The van der Waals surface area contributed by atoms with Gasteiger partial charge in [0.05, 0.1) is 11.1 Å². The topological polar surface area (TPSA) is 16.4 Å². The van der Waals surface area contributed by atoms with E-state index in [1.807, 2.05) is 0 Å². The van der Waals surface area contributed by atoms with Gasteiger partial charge in [0.2, 0.25) is 0 Å². The average Bonchev–Trinajstić information content (AvgIpc) is 3.74. The smallest absolute Gasteiger partial charge is 0.159 e. The largest absolute Gasteiger partial charge is 0.454 e. The number of fused-ring (bicyclic) bond motifs is 6. The van der Waals surface area contributed by atoms with Gasteiger partial charge in [-0.15, -0.1) is 0 Å². The van der Waals surface area contributed by atoms with Crippen molar-refractivity contribution in [3.05, 3.63) is 222 Å². The van der Waals surface area contributed by atoms with E-state index in [-0.39, 0.29) is 0 Å². The van der Waals surface area contributed by atoms with Crippen LogP contribution >= 0.6 is 0 Å². The van der Waals surface area contributed by atoms with E-state index >= 15 is 0 Å². The highest BCUT2D eigenvalue weighted by Crippen LogP contribution is 2.56. The van der Waals surface area contributed by atoms with Crippen molar-refractivity contribution in [3.8, 4) is 22.3 Å². The van der Waals surface area contributed by atoms with Crippen LogP contribution in [0.3, 0.4) is 0 Å². The Morgan fingerprint density at radius 3 is 1.65 bits per heavy atom. The van der Waals surface area contributed by atoms with E-state index in [0.29, 0.717) is 0 Å². The monoisotopic (exact) mass is 651 g/mol. The zero-order valence-corrected chi connectivity index (χ0v) is 27.9. The fourth-order valence-corrected chi connectivity index (χ4v) is 8.34. The first-order valence-corrected chi connectivity index (χ1v) is 17.5. The van der Waals surface area contributed by atoms with Crippen LogP contribution in [0.2, 0.25) is 0 Å². The summed E-state index contributed by atoms with van der Waals surface area (Å²) in [5, 5.41) is 2.20. The quantitative estimate of drug-likeness (QED) is 0.178. The summed E-state index contributed by atoms with van der Waals surface area (Å²) in [6.45, 7) is 0. The molecule has 0 atom stereocenters. The summed E-state index contributed by atoms with van der Waals surface area (Å²) in [6, 6.07) is 71.9. The first-order chi connectivity index (χ1) is 25.3. The van der Waals surface area contributed by atoms with Gasteiger partial charge in [-0.2, -0.15) is 0 Å². The fourth-order valence-electron chi connectivity index (χ4n) is 8.34. The normalized spacial score (nSPS) is 12.9. The molecule has 0 amide bonds. The maximum absolute atomic E-state index is 7.02. The molecule has 0 bridgehead atoms. The van der Waals surface area contributed by atoms with Gasteiger partial charge in [-0.05, 0) is 80.9 Å². The number of benzene rings is 8. The number of nitrogens with zero attached hydrogens (tertiary/aromatic N) is 1. The van der Waals surface area contributed by atoms with Crippen molar-refractivity contribution in [2.24, 2.45) is 0 Å². The number of furan rings is 1. The lowest BCUT2D eigenvalue weighted by atomic mass is 9.67. The molecule has 1 aliphatic rings. The third kappa shape index (κ3) is 4.50. The molecule has 8 aromatic carbocycles. The molecule has 0 fully saturated rings. The zero-order valence-electron chi connectivity index (χ0n) is 27.9. The van der Waals surface area contributed by atoms with Crippen LogP contribution in [-0.4, -0.2) is 0 Å². The van der Waals surface area contributed by atoms with Crippen LogP contribution in [-0.2, 0) is 5.41 Å². The second-order valence-electron chi connectivity index (χ2n) is 13.3. The summed E-state index contributed by atoms with van der Waals surface area (Å²) < 4.78 is 7.02. The maximum Gasteiger partial charge on any atom is 0.159 e. The predicted molar refractivity (Wildman–Crippen MR) is 211 cm³/mol. The summed E-state index contributed by atoms with van der Waals surface area (Å²) in [7, 11) is 0. The number of anilines is 3. The molecule has 2 nitrogen and oxygen atoms in total. The van der Waals surface area contributed by atoms with Crippen molar-refractivity contribution < 1.29 is 4.42 Å². The van der Waals surface area contributed by atoms with Gasteiger partial charge in [0, 0.05) is 22.1 Å². The first kappa shape index (κ1) is 29.3. The Morgan fingerprint density at radius 1 is 0.392 bits per heavy atom. The molecule has 0 saturated carbocycles. The maximum atomic E-state index is 7.02. The van der Waals surface area contributed by atoms with Gasteiger partial charge in [-0.1, -0.05) is 164 Å². The lowest BCUT2D eigenvalue weighted by molar-refractivity contribution is 0.666. The standard InChI is InChI=1S/C49H33NO/c1-4-15-34(16-5-1)35-27-30-39(31-28-35)50(38-19-8-3-9-20-38)46-26-14-23-43-42-32-29-37(33-47(42)51-48(43)46)49(36-17-6-2-7-18-36)44-24-12-10-21-40(44)41-22-11-13-25-45(41)49/h1-33H. The lowest BCUT2D eigenvalue weighted by Crippen LogP contribution is -2.28. The minimum Gasteiger partial charge on any atom is -0.454 e. The van der Waals surface area contributed by atoms with Crippen LogP contribution < -0.4 is 4.90 Å². The van der Waals surface area contributed by atoms with Gasteiger partial charge in [-0.25, -0.2) is 0 Å². The van der Waals surface area contributed by atoms with Crippen LogP contribution in [0.5, 0.6) is 0 Å². The number of hydrogen-bond acceptors (Lipinski definition) is 2. The van der Waals surface area contributed by atoms with E-state index in [2.05, 4.69) is 205 Å². The van der Waals surface area contributed by atoms with Gasteiger partial charge in [0.1, 0.15) is 5.58 Å². The lowest BCUT2D eigenvalue weighted by Gasteiger charge is -2.33. The van der Waals surface area contributed by atoms with E-state index in [4.69, 9.17) is 4.42 Å². The molecule has 51 heavy (non-hydrogen) atoms. The molecule has 1 heterocycles. The summed E-state index contributed by atoms with van der Waals surface area (Å²) >= 11 is 0. The summed E-state index contributed by atoms with van der Waals surface area (Å²) in [5.41, 5.74) is 14.4. The van der Waals surface area contributed by atoms with Crippen molar-refractivity contribution in [1.82, 2.24) is 0 Å². The molecule has 1 aliphatic carbocycles. The molecular weight excluding hydrogens is 619 g/mol. The van der Waals surface area contributed by atoms with Gasteiger partial charge in [0.15, 0.2) is 5.58 Å². The van der Waals surface area contributed by atoms with E-state index in [1.165, 1.54) is 44.5 Å². The fraction of sp³-hybridized carbons (Fsp3) is 0.0204. The van der Waals surface area contributed by atoms with Gasteiger partial charge in [0.25, 0.3) is 0 Å². The molecule has 10 rings (SSSR count). The average molecular weight is 652 g/mol. The van der Waals surface area contributed by atoms with Crippen LogP contribution in [0.25, 0.3) is 44.2 Å². The van der Waals surface area contributed by atoms with Crippen LogP contribution in [0, 0.1) is 0 Å². The van der Waals surface area contributed by atoms with Gasteiger partial charge >= 0.3 is 0 Å². The Bertz CT molecular complexity index is 2630. The molecule has 0 radical (unpaired) electrons. The molecule has 0 saturated heterocycles. The first-order valence-electron chi connectivity index (χ1n) is 17.5. The Kier molecular flexibility index (Phi) is 6.75. The van der Waals surface area contributed by atoms with Crippen molar-refractivity contribution >= 4 is 39.0 Å². The van der Waals surface area contributed by atoms with Gasteiger partial charge < -0.3 is 9.32 Å². The molecular formula is C49H33NO. The zero-order chi connectivity index (χ0) is 33.8. The molecule has 1 aromatic heterocycles. The van der Waals surface area contributed by atoms with Crippen LogP contribution in [0.15, 0.2) is 205 Å². The number of para-hydroxylation sites is 2. The van der Waals surface area contributed by atoms with Crippen molar-refractivity contribution in [2.45, 2.75) is 5.41 Å². The third-order valence-corrected chi connectivity index (χ3v) is 10.6. The second kappa shape index (κ2) is 11.8. The van der Waals surface area contributed by atoms with Crippen molar-refractivity contribution in [2.75, 3.05) is 4.90 Å². The molecule has 0 aliphatic heterocycles. The van der Waals surface area contributed by atoms with E-state index in [9.17, 15) is 0 Å². The van der Waals surface area contributed by atoms with Gasteiger partial charge in [-0.3, -0.25) is 0 Å². The third-order valence-electron chi connectivity index (χ3n) is 10.6. The highest BCUT2D eigenvalue weighted by atomic mass is 16.3.